The van der Waals surface area contributed by atoms with Crippen LogP contribution in [-0.2, 0) is 21.7 Å². The van der Waals surface area contributed by atoms with Crippen LogP contribution >= 0.6 is 0 Å². The van der Waals surface area contributed by atoms with Crippen LogP contribution in [0.2, 0.25) is 0 Å². The largest absolute Gasteiger partial charge is 0.321 e. The van der Waals surface area contributed by atoms with Crippen molar-refractivity contribution in [3.05, 3.63) is 155 Å². The van der Waals surface area contributed by atoms with E-state index in [0.717, 1.165) is 12.5 Å². The molecule has 4 nitrogen and oxygen atoms in total. The zero-order valence-electron chi connectivity index (χ0n) is 34.6. The Labute approximate surface area is 328 Å². The highest BCUT2D eigenvalue weighted by Gasteiger charge is 2.32. The Bertz CT molecular complexity index is 2570. The summed E-state index contributed by atoms with van der Waals surface area (Å²) in [5.74, 6) is 0.955. The van der Waals surface area contributed by atoms with Gasteiger partial charge in [0, 0.05) is 33.8 Å². The third-order valence-corrected chi connectivity index (χ3v) is 11.8. The average Bonchev–Trinajstić information content (AvgIpc) is 3.70. The van der Waals surface area contributed by atoms with Gasteiger partial charge in [-0.1, -0.05) is 137 Å². The molecule has 55 heavy (non-hydrogen) atoms. The van der Waals surface area contributed by atoms with Crippen LogP contribution in [0.25, 0.3) is 27.6 Å². The van der Waals surface area contributed by atoms with Crippen molar-refractivity contribution in [3.63, 3.8) is 0 Å². The fourth-order valence-electron chi connectivity index (χ4n) is 8.14. The third kappa shape index (κ3) is 6.50. The van der Waals surface area contributed by atoms with Gasteiger partial charge in [0.25, 0.3) is 0 Å². The van der Waals surface area contributed by atoms with Gasteiger partial charge in [0.1, 0.15) is 12.5 Å². The van der Waals surface area contributed by atoms with Crippen molar-refractivity contribution in [1.82, 2.24) is 9.55 Å². The molecule has 0 atom stereocenters. The Morgan fingerprint density at radius 2 is 1.02 bits per heavy atom. The molecule has 1 aliphatic rings. The van der Waals surface area contributed by atoms with E-state index in [2.05, 4.69) is 212 Å². The Morgan fingerprint density at radius 1 is 0.436 bits per heavy atom. The maximum Gasteiger partial charge on any atom is 0.137 e. The summed E-state index contributed by atoms with van der Waals surface area (Å²) in [6.45, 7) is 26.2. The van der Waals surface area contributed by atoms with Crippen molar-refractivity contribution in [1.29, 1.82) is 0 Å². The summed E-state index contributed by atoms with van der Waals surface area (Å²) in [6.07, 6.45) is 1.96. The fourth-order valence-corrected chi connectivity index (χ4v) is 8.14. The number of hydrogen-bond acceptors (Lipinski definition) is 3. The van der Waals surface area contributed by atoms with E-state index < -0.39 is 0 Å². The first-order valence-corrected chi connectivity index (χ1v) is 19.8. The maximum absolute atomic E-state index is 4.96. The normalized spacial score (nSPS) is 13.9. The van der Waals surface area contributed by atoms with Gasteiger partial charge in [-0.2, -0.15) is 0 Å². The van der Waals surface area contributed by atoms with E-state index in [1.165, 1.54) is 72.4 Å². The molecule has 8 rings (SSSR count). The van der Waals surface area contributed by atoms with Gasteiger partial charge in [-0.3, -0.25) is 4.57 Å². The lowest BCUT2D eigenvalue weighted by Crippen LogP contribution is -2.26. The Kier molecular flexibility index (Phi) is 8.57. The Hall–Kier alpha value is -5.35. The van der Waals surface area contributed by atoms with E-state index >= 15 is 0 Å². The average molecular weight is 725 g/mol. The molecular formula is C51H56N4. The number of aromatic nitrogens is 2. The first-order valence-electron chi connectivity index (χ1n) is 19.8. The Balaban J connectivity index is 1.26. The highest BCUT2D eigenvalue weighted by atomic mass is 15.4. The first-order chi connectivity index (χ1) is 25.9. The molecule has 3 heterocycles. The molecule has 0 N–H and O–H groups in total. The minimum absolute atomic E-state index is 0.0166. The van der Waals surface area contributed by atoms with E-state index in [-0.39, 0.29) is 21.7 Å². The summed E-state index contributed by atoms with van der Waals surface area (Å²) in [5.41, 5.74) is 13.5. The topological polar surface area (TPSA) is 24.3 Å². The van der Waals surface area contributed by atoms with Crippen LogP contribution in [0.3, 0.4) is 0 Å². The van der Waals surface area contributed by atoms with Gasteiger partial charge in [-0.15, -0.1) is 0 Å². The molecule has 2 aromatic heterocycles. The van der Waals surface area contributed by atoms with Gasteiger partial charge < -0.3 is 9.80 Å². The third-order valence-electron chi connectivity index (χ3n) is 11.8. The molecule has 0 spiro atoms. The van der Waals surface area contributed by atoms with Crippen LogP contribution in [0.1, 0.15) is 104 Å². The lowest BCUT2D eigenvalue weighted by molar-refractivity contribution is 0.582. The summed E-state index contributed by atoms with van der Waals surface area (Å²) >= 11 is 0. The van der Waals surface area contributed by atoms with Gasteiger partial charge >= 0.3 is 0 Å². The number of para-hydroxylation sites is 3. The summed E-state index contributed by atoms with van der Waals surface area (Å²) in [4.78, 5) is 9.93. The molecule has 280 valence electrons. The highest BCUT2D eigenvalue weighted by molar-refractivity contribution is 6.09. The summed E-state index contributed by atoms with van der Waals surface area (Å²) in [5, 5.41) is 2.48. The number of benzene rings is 5. The molecule has 0 fully saturated rings. The molecular weight excluding hydrogens is 669 g/mol. The lowest BCUT2D eigenvalue weighted by Gasteiger charge is -2.32. The smallest absolute Gasteiger partial charge is 0.137 e. The van der Waals surface area contributed by atoms with Crippen molar-refractivity contribution >= 4 is 44.6 Å². The van der Waals surface area contributed by atoms with Crippen LogP contribution in [0, 0.1) is 0 Å². The van der Waals surface area contributed by atoms with Crippen LogP contribution in [0.15, 0.2) is 128 Å². The second kappa shape index (κ2) is 12.9. The molecule has 0 amide bonds. The summed E-state index contributed by atoms with van der Waals surface area (Å²) in [7, 11) is 0. The molecule has 0 unspecified atom stereocenters. The molecule has 0 bridgehead atoms. The van der Waals surface area contributed by atoms with Gasteiger partial charge in [-0.05, 0) is 105 Å². The van der Waals surface area contributed by atoms with Crippen LogP contribution in [-0.4, -0.2) is 16.2 Å². The monoisotopic (exact) mass is 724 g/mol. The number of fused-ring (bicyclic) bond motifs is 4. The van der Waals surface area contributed by atoms with E-state index in [1.54, 1.807) is 0 Å². The van der Waals surface area contributed by atoms with E-state index in [9.17, 15) is 0 Å². The van der Waals surface area contributed by atoms with Crippen LogP contribution in [0.4, 0.5) is 22.7 Å². The lowest BCUT2D eigenvalue weighted by atomic mass is 9.75. The highest BCUT2D eigenvalue weighted by Crippen LogP contribution is 2.47. The predicted octanol–water partition coefficient (Wildman–Crippen LogP) is 13.6. The predicted molar refractivity (Wildman–Crippen MR) is 235 cm³/mol. The van der Waals surface area contributed by atoms with Gasteiger partial charge in [-0.25, -0.2) is 4.98 Å². The minimum Gasteiger partial charge on any atom is -0.321 e. The second-order valence-corrected chi connectivity index (χ2v) is 19.2. The zero-order chi connectivity index (χ0) is 39.1. The van der Waals surface area contributed by atoms with E-state index in [0.29, 0.717) is 0 Å². The van der Waals surface area contributed by atoms with Crippen LogP contribution in [0.5, 0.6) is 0 Å². The van der Waals surface area contributed by atoms with Crippen molar-refractivity contribution in [2.24, 2.45) is 0 Å². The van der Waals surface area contributed by atoms with E-state index in [4.69, 9.17) is 4.98 Å². The standard InChI is InChI=1S/C51H56N4/c1-48(2,3)34-17-16-18-39(28-34)53-33-54(45-22-15-14-21-44(45)53)40-29-37(50(7,8)9)27-38(30-40)51(10,11)36-23-24-42-41-19-12-13-20-43(41)55(46(42)31-36)47-32-35(25-26-52-47)49(4,5)6/h12-32H,33H2,1-11H3. The number of hydrogen-bond donors (Lipinski definition) is 0. The molecule has 0 aliphatic carbocycles. The van der Waals surface area contributed by atoms with Crippen LogP contribution < -0.4 is 9.80 Å². The summed E-state index contributed by atoms with van der Waals surface area (Å²) < 4.78 is 2.36. The number of pyridine rings is 1. The van der Waals surface area contributed by atoms with Gasteiger partial charge in [0.05, 0.1) is 22.4 Å². The Morgan fingerprint density at radius 3 is 1.71 bits per heavy atom. The molecule has 0 saturated carbocycles. The number of nitrogens with zero attached hydrogens (tertiary/aromatic N) is 4. The van der Waals surface area contributed by atoms with Crippen molar-refractivity contribution in [3.8, 4) is 5.82 Å². The van der Waals surface area contributed by atoms with Crippen molar-refractivity contribution in [2.45, 2.75) is 97.8 Å². The molecule has 0 saturated heterocycles. The zero-order valence-corrected chi connectivity index (χ0v) is 34.6. The first kappa shape index (κ1) is 36.6. The molecule has 0 radical (unpaired) electrons. The van der Waals surface area contributed by atoms with Gasteiger partial charge in [0.2, 0.25) is 0 Å². The molecule has 7 aromatic rings. The maximum atomic E-state index is 4.96. The summed E-state index contributed by atoms with van der Waals surface area (Å²) in [6, 6.07) is 45.5. The minimum atomic E-state index is -0.299. The van der Waals surface area contributed by atoms with Gasteiger partial charge in [0.15, 0.2) is 0 Å². The number of anilines is 4. The molecule has 4 heteroatoms. The van der Waals surface area contributed by atoms with Crippen molar-refractivity contribution in [2.75, 3.05) is 16.5 Å². The second-order valence-electron chi connectivity index (χ2n) is 19.2. The van der Waals surface area contributed by atoms with Crippen molar-refractivity contribution < 1.29 is 0 Å². The quantitative estimate of drug-likeness (QED) is 0.177. The van der Waals surface area contributed by atoms with E-state index in [1.807, 2.05) is 6.20 Å². The SMILES string of the molecule is CC(C)(C)c1cccc(N2CN(c3cc(C(C)(C)C)cc(C(C)(C)c4ccc5c6ccccc6n(-c6cc(C(C)(C)C)ccn6)c5c4)c3)c3ccccc32)c1. The molecule has 5 aromatic carbocycles. The molecule has 1 aliphatic heterocycles. The number of rotatable bonds is 5. The fraction of sp³-hybridized carbons (Fsp3) is 0.314.